The molecule has 0 radical (unpaired) electrons. The molecule has 0 rings (SSSR count). The number of methoxy groups -OCH3 is 1. The summed E-state index contributed by atoms with van der Waals surface area (Å²) in [7, 11) is 3.25. The molecule has 0 aromatic rings. The van der Waals surface area contributed by atoms with E-state index in [1.54, 1.807) is 14.2 Å². The monoisotopic (exact) mass is 108 g/mol. The third-order valence-electron chi connectivity index (χ3n) is 0. The van der Waals surface area contributed by atoms with Gasteiger partial charge in [0.1, 0.15) is 0 Å². The molecule has 0 bridgehead atoms. The van der Waals surface area contributed by atoms with Gasteiger partial charge in [0.25, 0.3) is 0 Å². The fourth-order valence-electron chi connectivity index (χ4n) is 0. The Labute approximate surface area is 41.3 Å². The lowest BCUT2D eigenvalue weighted by Crippen LogP contribution is -1.81. The van der Waals surface area contributed by atoms with Crippen molar-refractivity contribution in [2.45, 2.75) is 0 Å². The SMILES string of the molecule is COC.O=C(O)O. The molecule has 0 amide bonds. The van der Waals surface area contributed by atoms with Crippen LogP contribution >= 0.6 is 0 Å². The molecule has 44 valence electrons. The highest BCUT2D eigenvalue weighted by Gasteiger charge is 1.70. The van der Waals surface area contributed by atoms with E-state index in [1.807, 2.05) is 0 Å². The number of carboxylic acid groups (broad SMARTS) is 2. The van der Waals surface area contributed by atoms with Crippen LogP contribution in [0.25, 0.3) is 0 Å². The second-order valence-electron chi connectivity index (χ2n) is 0.691. The molecule has 0 atom stereocenters. The van der Waals surface area contributed by atoms with Gasteiger partial charge in [0.2, 0.25) is 0 Å². The Kier molecular flexibility index (Phi) is 12.2. The number of ether oxygens (including phenoxy) is 1. The molecule has 7 heavy (non-hydrogen) atoms. The Bertz CT molecular complexity index is 38.2. The summed E-state index contributed by atoms with van der Waals surface area (Å²) in [5.41, 5.74) is 0. The van der Waals surface area contributed by atoms with E-state index in [0.717, 1.165) is 0 Å². The van der Waals surface area contributed by atoms with Crippen LogP contribution in [0, 0.1) is 0 Å². The van der Waals surface area contributed by atoms with E-state index in [0.29, 0.717) is 0 Å². The van der Waals surface area contributed by atoms with Gasteiger partial charge in [0.15, 0.2) is 0 Å². The third-order valence-corrected chi connectivity index (χ3v) is 0. The molecule has 0 aliphatic heterocycles. The standard InChI is InChI=1S/C2H6O.CH2O3/c1-3-2;2-1(3)4/h1-2H3;(H2,2,3,4). The van der Waals surface area contributed by atoms with Gasteiger partial charge in [0, 0.05) is 14.2 Å². The van der Waals surface area contributed by atoms with Gasteiger partial charge in [-0.1, -0.05) is 0 Å². The Balaban J connectivity index is 0. The molecule has 0 fully saturated rings. The van der Waals surface area contributed by atoms with Crippen molar-refractivity contribution < 1.29 is 19.7 Å². The molecule has 0 aromatic carbocycles. The van der Waals surface area contributed by atoms with Crippen LogP contribution in [0.15, 0.2) is 0 Å². The van der Waals surface area contributed by atoms with Crippen molar-refractivity contribution in [3.8, 4) is 0 Å². The lowest BCUT2D eigenvalue weighted by molar-refractivity contribution is 0.137. The normalized spacial score (nSPS) is 6.00. The zero-order chi connectivity index (χ0) is 6.28. The maximum absolute atomic E-state index is 8.56. The van der Waals surface area contributed by atoms with Crippen LogP contribution in [-0.4, -0.2) is 30.6 Å². The predicted molar refractivity (Wildman–Crippen MR) is 23.6 cm³/mol. The molecule has 0 unspecified atom stereocenters. The second kappa shape index (κ2) is 8.97. The van der Waals surface area contributed by atoms with Gasteiger partial charge in [-0.3, -0.25) is 0 Å². The second-order valence-corrected chi connectivity index (χ2v) is 0.691. The zero-order valence-corrected chi connectivity index (χ0v) is 4.21. The van der Waals surface area contributed by atoms with E-state index >= 15 is 0 Å². The van der Waals surface area contributed by atoms with E-state index < -0.39 is 6.16 Å². The number of hydrogen-bond acceptors (Lipinski definition) is 2. The van der Waals surface area contributed by atoms with Gasteiger partial charge >= 0.3 is 6.16 Å². The first-order chi connectivity index (χ1) is 3.15. The van der Waals surface area contributed by atoms with Crippen LogP contribution in [0.1, 0.15) is 0 Å². The Morgan fingerprint density at radius 2 is 1.43 bits per heavy atom. The predicted octanol–water partition coefficient (Wildman–Crippen LogP) is 0.485. The molecule has 0 aromatic heterocycles. The maximum atomic E-state index is 8.56. The number of carbonyl (C=O) groups is 1. The highest BCUT2D eigenvalue weighted by atomic mass is 16.6. The van der Waals surface area contributed by atoms with E-state index in [2.05, 4.69) is 4.74 Å². The largest absolute Gasteiger partial charge is 0.503 e. The average Bonchev–Trinajstić information content (AvgIpc) is 1.33. The van der Waals surface area contributed by atoms with Crippen molar-refractivity contribution in [1.29, 1.82) is 0 Å². The first-order valence-electron chi connectivity index (χ1n) is 1.47. The molecule has 0 heterocycles. The van der Waals surface area contributed by atoms with Gasteiger partial charge in [-0.15, -0.1) is 0 Å². The summed E-state index contributed by atoms with van der Waals surface area (Å²) in [6, 6.07) is 0. The van der Waals surface area contributed by atoms with Gasteiger partial charge in [0.05, 0.1) is 0 Å². The average molecular weight is 108 g/mol. The van der Waals surface area contributed by atoms with Crippen molar-refractivity contribution >= 4 is 6.16 Å². The quantitative estimate of drug-likeness (QED) is 0.473. The van der Waals surface area contributed by atoms with E-state index in [4.69, 9.17) is 15.0 Å². The Hall–Kier alpha value is -0.770. The molecular formula is C3H8O4. The summed E-state index contributed by atoms with van der Waals surface area (Å²) in [5.74, 6) is 0. The molecule has 4 heteroatoms. The third kappa shape index (κ3) is 92.0. The van der Waals surface area contributed by atoms with Crippen LogP contribution in [0.2, 0.25) is 0 Å². The minimum Gasteiger partial charge on any atom is -0.450 e. The van der Waals surface area contributed by atoms with E-state index in [9.17, 15) is 0 Å². The fraction of sp³-hybridized carbons (Fsp3) is 0.667. The summed E-state index contributed by atoms with van der Waals surface area (Å²) >= 11 is 0. The maximum Gasteiger partial charge on any atom is 0.503 e. The molecule has 0 spiro atoms. The first kappa shape index (κ1) is 9.52. The molecule has 0 aliphatic carbocycles. The highest BCUT2D eigenvalue weighted by Crippen LogP contribution is 1.42. The van der Waals surface area contributed by atoms with E-state index in [1.165, 1.54) is 0 Å². The van der Waals surface area contributed by atoms with Crippen molar-refractivity contribution in [3.05, 3.63) is 0 Å². The molecular weight excluding hydrogens is 100 g/mol. The minimum absolute atomic E-state index is 1.62. The summed E-state index contributed by atoms with van der Waals surface area (Å²) in [4.78, 5) is 8.56. The summed E-state index contributed by atoms with van der Waals surface area (Å²) < 4.78 is 4.25. The molecule has 2 N–H and O–H groups in total. The lowest BCUT2D eigenvalue weighted by atomic mass is 11.5. The van der Waals surface area contributed by atoms with Gasteiger partial charge in [-0.2, -0.15) is 0 Å². The van der Waals surface area contributed by atoms with Crippen LogP contribution < -0.4 is 0 Å². The summed E-state index contributed by atoms with van der Waals surface area (Å²) in [5, 5.41) is 13.9. The topological polar surface area (TPSA) is 66.8 Å². The molecule has 0 aliphatic rings. The van der Waals surface area contributed by atoms with Gasteiger partial charge in [-0.05, 0) is 0 Å². The molecule has 0 saturated carbocycles. The summed E-state index contributed by atoms with van der Waals surface area (Å²) in [6.07, 6.45) is -1.83. The smallest absolute Gasteiger partial charge is 0.450 e. The van der Waals surface area contributed by atoms with Crippen LogP contribution in [-0.2, 0) is 4.74 Å². The lowest BCUT2D eigenvalue weighted by Gasteiger charge is -1.61. The van der Waals surface area contributed by atoms with Crippen molar-refractivity contribution in [1.82, 2.24) is 0 Å². The number of hydrogen-bond donors (Lipinski definition) is 2. The van der Waals surface area contributed by atoms with E-state index in [-0.39, 0.29) is 0 Å². The van der Waals surface area contributed by atoms with Crippen LogP contribution in [0.4, 0.5) is 4.79 Å². The highest BCUT2D eigenvalue weighted by molar-refractivity contribution is 5.53. The fourth-order valence-corrected chi connectivity index (χ4v) is 0. The van der Waals surface area contributed by atoms with Gasteiger partial charge in [-0.25, -0.2) is 4.79 Å². The minimum atomic E-state index is -1.83. The van der Waals surface area contributed by atoms with Crippen LogP contribution in [0.3, 0.4) is 0 Å². The van der Waals surface area contributed by atoms with Crippen molar-refractivity contribution in [3.63, 3.8) is 0 Å². The Morgan fingerprint density at radius 3 is 1.43 bits per heavy atom. The van der Waals surface area contributed by atoms with Crippen molar-refractivity contribution in [2.75, 3.05) is 14.2 Å². The number of rotatable bonds is 0. The van der Waals surface area contributed by atoms with Crippen LogP contribution in [0.5, 0.6) is 0 Å². The molecule has 4 nitrogen and oxygen atoms in total. The zero-order valence-electron chi connectivity index (χ0n) is 4.21. The van der Waals surface area contributed by atoms with Gasteiger partial charge < -0.3 is 14.9 Å². The summed E-state index contributed by atoms with van der Waals surface area (Å²) in [6.45, 7) is 0. The first-order valence-corrected chi connectivity index (χ1v) is 1.47. The Morgan fingerprint density at radius 1 is 1.43 bits per heavy atom. The van der Waals surface area contributed by atoms with Crippen molar-refractivity contribution in [2.24, 2.45) is 0 Å². The molecule has 0 saturated heterocycles.